The predicted molar refractivity (Wildman–Crippen MR) is 155 cm³/mol. The van der Waals surface area contributed by atoms with Gasteiger partial charge in [0.25, 0.3) is 0 Å². The van der Waals surface area contributed by atoms with Crippen LogP contribution < -0.4 is 10.2 Å². The summed E-state index contributed by atoms with van der Waals surface area (Å²) in [6.07, 6.45) is -1.57. The molecule has 3 fully saturated rings. The molecule has 0 saturated carbocycles. The Labute approximate surface area is 247 Å². The summed E-state index contributed by atoms with van der Waals surface area (Å²) < 4.78 is 17.1. The minimum absolute atomic E-state index is 0.0281. The lowest BCUT2D eigenvalue weighted by atomic mass is 9.98. The summed E-state index contributed by atoms with van der Waals surface area (Å²) in [5.74, 6) is -0.0658. The molecular weight excluding hydrogens is 560 g/mol. The number of aliphatic hydroxyl groups is 4. The molecule has 232 valence electrons. The third-order valence-electron chi connectivity index (χ3n) is 8.79. The highest BCUT2D eigenvalue weighted by atomic mass is 16.7. The first kappa shape index (κ1) is 29.8. The van der Waals surface area contributed by atoms with Gasteiger partial charge in [-0.2, -0.15) is 0 Å². The molecule has 5 atom stereocenters. The van der Waals surface area contributed by atoms with Crippen LogP contribution in [-0.4, -0.2) is 104 Å². The summed E-state index contributed by atoms with van der Waals surface area (Å²) in [6, 6.07) is 6.28. The van der Waals surface area contributed by atoms with E-state index in [1.807, 2.05) is 0 Å². The molecule has 6 N–H and O–H groups in total. The van der Waals surface area contributed by atoms with Gasteiger partial charge in [-0.25, -0.2) is 0 Å². The Morgan fingerprint density at radius 2 is 1.42 bits per heavy atom. The molecule has 3 aliphatic rings. The molecule has 6 rings (SSSR count). The molecule has 12 heteroatoms. The number of fused-ring (bicyclic) bond motifs is 1. The molecule has 0 bridgehead atoms. The summed E-state index contributed by atoms with van der Waals surface area (Å²) in [6.45, 7) is 3.61. The molecule has 5 unspecified atom stereocenters. The lowest BCUT2D eigenvalue weighted by Gasteiger charge is -2.39. The topological polar surface area (TPSA) is 177 Å². The van der Waals surface area contributed by atoms with E-state index in [0.29, 0.717) is 29.8 Å². The molecule has 3 aliphatic heterocycles. The van der Waals surface area contributed by atoms with Crippen molar-refractivity contribution in [2.24, 2.45) is 0 Å². The Hall–Kier alpha value is -3.23. The second-order valence-corrected chi connectivity index (χ2v) is 11.6. The zero-order valence-corrected chi connectivity index (χ0v) is 23.8. The van der Waals surface area contributed by atoms with Crippen LogP contribution in [0.5, 0.6) is 17.2 Å². The Bertz CT molecular complexity index is 1500. The van der Waals surface area contributed by atoms with Crippen LogP contribution >= 0.6 is 0 Å². The molecular formula is C31H38N2O10. The van der Waals surface area contributed by atoms with Gasteiger partial charge in [0, 0.05) is 13.1 Å². The van der Waals surface area contributed by atoms with Crippen LogP contribution in [0.25, 0.3) is 22.1 Å². The van der Waals surface area contributed by atoms with Crippen molar-refractivity contribution in [3.63, 3.8) is 0 Å². The van der Waals surface area contributed by atoms with E-state index < -0.39 is 42.7 Å². The van der Waals surface area contributed by atoms with E-state index in [2.05, 4.69) is 9.80 Å². The third kappa shape index (κ3) is 5.72. The molecule has 3 saturated heterocycles. The molecule has 43 heavy (non-hydrogen) atoms. The van der Waals surface area contributed by atoms with Gasteiger partial charge >= 0.3 is 0 Å². The fraction of sp³-hybridized carbons (Fsp3) is 0.516. The molecule has 2 aromatic carbocycles. The van der Waals surface area contributed by atoms with Gasteiger partial charge in [-0.1, -0.05) is 12.1 Å². The second-order valence-electron chi connectivity index (χ2n) is 11.6. The highest BCUT2D eigenvalue weighted by Crippen LogP contribution is 2.41. The van der Waals surface area contributed by atoms with Crippen molar-refractivity contribution in [1.29, 1.82) is 0 Å². The van der Waals surface area contributed by atoms with E-state index in [-0.39, 0.29) is 33.8 Å². The van der Waals surface area contributed by atoms with Crippen LogP contribution in [-0.2, 0) is 17.8 Å². The third-order valence-corrected chi connectivity index (χ3v) is 8.79. The van der Waals surface area contributed by atoms with Crippen molar-refractivity contribution in [2.45, 2.75) is 69.5 Å². The van der Waals surface area contributed by atoms with Crippen molar-refractivity contribution >= 4 is 11.0 Å². The summed E-state index contributed by atoms with van der Waals surface area (Å²) in [7, 11) is 0. The maximum Gasteiger partial charge on any atom is 0.229 e. The number of benzene rings is 2. The Balaban J connectivity index is 1.33. The maximum absolute atomic E-state index is 13.9. The number of aromatic hydroxyl groups is 2. The fourth-order valence-corrected chi connectivity index (χ4v) is 6.29. The zero-order chi connectivity index (χ0) is 30.2. The standard InChI is InChI=1S/C31H38N2O10/c34-15-22-27(38)28(39)29(40)31(43-22)42-18-7-5-17(6-8-18)21-16-41-30-20(14-33-11-3-4-12-33)24(35)19(13-32-9-1-2-10-32)25(36)23(30)26(21)37/h5-8,16,22,27-29,31,34-36,38-40H,1-4,9-15H2. The van der Waals surface area contributed by atoms with Gasteiger partial charge in [0.15, 0.2) is 0 Å². The maximum atomic E-state index is 13.9. The molecule has 12 nitrogen and oxygen atoms in total. The van der Waals surface area contributed by atoms with Gasteiger partial charge in [-0.15, -0.1) is 0 Å². The minimum atomic E-state index is -1.57. The van der Waals surface area contributed by atoms with E-state index in [4.69, 9.17) is 13.9 Å². The Morgan fingerprint density at radius 1 is 0.814 bits per heavy atom. The van der Waals surface area contributed by atoms with Gasteiger partial charge in [-0.3, -0.25) is 14.6 Å². The first-order valence-corrected chi connectivity index (χ1v) is 14.8. The molecule has 0 amide bonds. The van der Waals surface area contributed by atoms with Crippen molar-refractivity contribution < 1.29 is 44.5 Å². The van der Waals surface area contributed by atoms with Crippen LogP contribution in [0.4, 0.5) is 0 Å². The van der Waals surface area contributed by atoms with E-state index >= 15 is 0 Å². The van der Waals surface area contributed by atoms with Crippen molar-refractivity contribution in [1.82, 2.24) is 9.80 Å². The lowest BCUT2D eigenvalue weighted by Crippen LogP contribution is -2.60. The van der Waals surface area contributed by atoms with Gasteiger partial charge in [0.05, 0.1) is 23.3 Å². The molecule has 3 aromatic rings. The van der Waals surface area contributed by atoms with E-state index in [0.717, 1.165) is 51.9 Å². The molecule has 0 radical (unpaired) electrons. The van der Waals surface area contributed by atoms with Crippen molar-refractivity contribution in [3.8, 4) is 28.4 Å². The number of hydrogen-bond acceptors (Lipinski definition) is 12. The Morgan fingerprint density at radius 3 is 2.02 bits per heavy atom. The van der Waals surface area contributed by atoms with Gasteiger partial charge in [0.2, 0.25) is 11.7 Å². The van der Waals surface area contributed by atoms with Gasteiger partial charge in [-0.05, 0) is 69.6 Å². The number of ether oxygens (including phenoxy) is 2. The van der Waals surface area contributed by atoms with Crippen LogP contribution in [0.2, 0.25) is 0 Å². The highest BCUT2D eigenvalue weighted by molar-refractivity contribution is 5.92. The predicted octanol–water partition coefficient (Wildman–Crippen LogP) is 1.24. The number of rotatable bonds is 8. The minimum Gasteiger partial charge on any atom is -0.507 e. The molecule has 1 aromatic heterocycles. The number of aliphatic hydroxyl groups excluding tert-OH is 4. The van der Waals surface area contributed by atoms with Crippen LogP contribution in [0.1, 0.15) is 36.8 Å². The number of hydrogen-bond donors (Lipinski definition) is 6. The van der Waals surface area contributed by atoms with E-state index in [1.54, 1.807) is 12.1 Å². The first-order chi connectivity index (χ1) is 20.8. The first-order valence-electron chi connectivity index (χ1n) is 14.8. The Kier molecular flexibility index (Phi) is 8.60. The van der Waals surface area contributed by atoms with Gasteiger partial charge in [0.1, 0.15) is 58.9 Å². The average Bonchev–Trinajstić information content (AvgIpc) is 3.73. The summed E-state index contributed by atoms with van der Waals surface area (Å²) in [5.41, 5.74) is 1.24. The quantitative estimate of drug-likeness (QED) is 0.219. The number of likely N-dealkylation sites (tertiary alicyclic amines) is 2. The molecule has 4 heterocycles. The largest absolute Gasteiger partial charge is 0.507 e. The SMILES string of the molecule is O=c1c(-c2ccc(OC3OC(CO)C(O)C(O)C3O)cc2)coc2c(CN3CCCC3)c(O)c(CN3CCCC3)c(O)c12. The normalized spacial score (nSPS) is 26.8. The van der Waals surface area contributed by atoms with Gasteiger partial charge < -0.3 is 44.5 Å². The van der Waals surface area contributed by atoms with Crippen molar-refractivity contribution in [2.75, 3.05) is 32.8 Å². The van der Waals surface area contributed by atoms with E-state index in [9.17, 15) is 35.4 Å². The second kappa shape index (κ2) is 12.4. The molecule has 0 aliphatic carbocycles. The summed E-state index contributed by atoms with van der Waals surface area (Å²) >= 11 is 0. The fourth-order valence-electron chi connectivity index (χ4n) is 6.29. The van der Waals surface area contributed by atoms with Crippen molar-refractivity contribution in [3.05, 3.63) is 51.9 Å². The van der Waals surface area contributed by atoms with Crippen LogP contribution in [0.15, 0.2) is 39.7 Å². The monoisotopic (exact) mass is 598 g/mol. The average molecular weight is 599 g/mol. The van der Waals surface area contributed by atoms with Crippen LogP contribution in [0, 0.1) is 0 Å². The smallest absolute Gasteiger partial charge is 0.229 e. The highest BCUT2D eigenvalue weighted by Gasteiger charge is 2.44. The zero-order valence-electron chi connectivity index (χ0n) is 23.8. The summed E-state index contributed by atoms with van der Waals surface area (Å²) in [4.78, 5) is 18.3. The molecule has 0 spiro atoms. The van der Waals surface area contributed by atoms with Crippen LogP contribution in [0.3, 0.4) is 0 Å². The number of phenols is 2. The number of phenolic OH excluding ortho intramolecular Hbond substituents is 2. The summed E-state index contributed by atoms with van der Waals surface area (Å²) in [5, 5.41) is 62.5. The van der Waals surface area contributed by atoms with E-state index in [1.165, 1.54) is 18.4 Å². The number of nitrogens with zero attached hydrogens (tertiary/aromatic N) is 2. The lowest BCUT2D eigenvalue weighted by molar-refractivity contribution is -0.277.